The average molecular weight is 379 g/mol. The molecule has 0 heterocycles. The highest BCUT2D eigenvalue weighted by Crippen LogP contribution is 2.39. The number of alkyl halides is 2. The lowest BCUT2D eigenvalue weighted by molar-refractivity contribution is -0.154. The Labute approximate surface area is 158 Å². The van der Waals surface area contributed by atoms with Gasteiger partial charge in [-0.15, -0.1) is 0 Å². The zero-order valence-electron chi connectivity index (χ0n) is 15.8. The van der Waals surface area contributed by atoms with E-state index in [4.69, 9.17) is 10.0 Å². The summed E-state index contributed by atoms with van der Waals surface area (Å²) in [6.07, 6.45) is -1.42. The smallest absolute Gasteiger partial charge is 0.267 e. The van der Waals surface area contributed by atoms with E-state index in [9.17, 15) is 13.9 Å². The maximum atomic E-state index is 13.0. The van der Waals surface area contributed by atoms with Gasteiger partial charge in [-0.05, 0) is 41.9 Å². The van der Waals surface area contributed by atoms with E-state index < -0.39 is 17.4 Å². The van der Waals surface area contributed by atoms with Crippen molar-refractivity contribution in [2.45, 2.75) is 45.6 Å². The van der Waals surface area contributed by atoms with Gasteiger partial charge in [0.1, 0.15) is 5.60 Å². The number of carbonyl (C=O) groups excluding carboxylic acids is 1. The fourth-order valence-corrected chi connectivity index (χ4v) is 2.50. The van der Waals surface area contributed by atoms with Crippen LogP contribution in [-0.2, 0) is 11.2 Å². The Morgan fingerprint density at radius 2 is 1.48 bits per heavy atom. The Balaban J connectivity index is 0.000000828. The van der Waals surface area contributed by atoms with Crippen LogP contribution in [0.15, 0.2) is 54.6 Å². The van der Waals surface area contributed by atoms with Crippen LogP contribution in [0.1, 0.15) is 32.8 Å². The summed E-state index contributed by atoms with van der Waals surface area (Å²) in [6.45, 7) is 4.60. The van der Waals surface area contributed by atoms with Gasteiger partial charge >= 0.3 is 0 Å². The van der Waals surface area contributed by atoms with Crippen molar-refractivity contribution >= 4 is 6.41 Å². The zero-order valence-corrected chi connectivity index (χ0v) is 15.8. The lowest BCUT2D eigenvalue weighted by atomic mass is 9.72. The Bertz CT molecular complexity index is 686. The van der Waals surface area contributed by atoms with Crippen LogP contribution in [0.25, 0.3) is 11.1 Å². The second kappa shape index (κ2) is 10.1. The van der Waals surface area contributed by atoms with E-state index in [-0.39, 0.29) is 6.41 Å². The van der Waals surface area contributed by atoms with E-state index >= 15 is 0 Å². The van der Waals surface area contributed by atoms with Crippen LogP contribution in [-0.4, -0.2) is 28.8 Å². The van der Waals surface area contributed by atoms with Gasteiger partial charge in [0.25, 0.3) is 6.43 Å². The van der Waals surface area contributed by atoms with Gasteiger partial charge in [-0.1, -0.05) is 68.4 Å². The Kier molecular flexibility index (Phi) is 8.53. The number of amides is 1. The number of carbonyl (C=O) groups is 1. The molecule has 2 rings (SSSR count). The van der Waals surface area contributed by atoms with Crippen molar-refractivity contribution in [3.8, 4) is 11.1 Å². The minimum atomic E-state index is -2.75. The molecule has 4 nitrogen and oxygen atoms in total. The monoisotopic (exact) mass is 379 g/mol. The number of hydrogen-bond donors (Lipinski definition) is 3. The van der Waals surface area contributed by atoms with E-state index in [2.05, 4.69) is 12.1 Å². The molecule has 1 amide bonds. The molecule has 0 bridgehead atoms. The topological polar surface area (TPSA) is 69.6 Å². The summed E-state index contributed by atoms with van der Waals surface area (Å²) in [7, 11) is 0. The highest BCUT2D eigenvalue weighted by molar-refractivity contribution is 5.63. The Morgan fingerprint density at radius 1 is 1.00 bits per heavy atom. The van der Waals surface area contributed by atoms with Gasteiger partial charge < -0.3 is 5.11 Å². The van der Waals surface area contributed by atoms with Gasteiger partial charge in [0.05, 0.1) is 0 Å². The minimum Gasteiger partial charge on any atom is -0.384 e. The molecule has 0 aliphatic rings. The highest BCUT2D eigenvalue weighted by Gasteiger charge is 2.46. The molecule has 0 radical (unpaired) electrons. The molecule has 0 saturated heterocycles. The summed E-state index contributed by atoms with van der Waals surface area (Å²) in [6, 6.07) is 18.2. The largest absolute Gasteiger partial charge is 0.384 e. The Hall–Kier alpha value is -2.31. The summed E-state index contributed by atoms with van der Waals surface area (Å²) in [5.74, 6) is 0. The number of benzene rings is 2. The van der Waals surface area contributed by atoms with E-state index in [1.54, 1.807) is 13.8 Å². The fourth-order valence-electron chi connectivity index (χ4n) is 2.50. The van der Waals surface area contributed by atoms with Crippen molar-refractivity contribution in [1.82, 2.24) is 5.48 Å². The van der Waals surface area contributed by atoms with Gasteiger partial charge in [-0.2, -0.15) is 0 Å². The van der Waals surface area contributed by atoms with Gasteiger partial charge in [-0.3, -0.25) is 10.0 Å². The van der Waals surface area contributed by atoms with Crippen LogP contribution in [0.3, 0.4) is 0 Å². The second-order valence-electron chi connectivity index (χ2n) is 7.14. The lowest BCUT2D eigenvalue weighted by Crippen LogP contribution is -2.48. The number of nitrogens with one attached hydrogen (secondary N) is 1. The Morgan fingerprint density at radius 3 is 1.93 bits per heavy atom. The third-order valence-electron chi connectivity index (χ3n) is 4.95. The van der Waals surface area contributed by atoms with Crippen LogP contribution in [0.2, 0.25) is 0 Å². The van der Waals surface area contributed by atoms with Crippen molar-refractivity contribution in [2.75, 3.05) is 0 Å². The molecular formula is C21H27F2NO3. The first-order valence-electron chi connectivity index (χ1n) is 8.64. The number of rotatable bonds is 7. The summed E-state index contributed by atoms with van der Waals surface area (Å²) < 4.78 is 26.0. The van der Waals surface area contributed by atoms with Gasteiger partial charge in [0.2, 0.25) is 6.41 Å². The summed E-state index contributed by atoms with van der Waals surface area (Å²) in [5.41, 5.74) is 1.77. The molecule has 6 heteroatoms. The maximum Gasteiger partial charge on any atom is 0.267 e. The number of hydroxylamine groups is 1. The van der Waals surface area contributed by atoms with E-state index in [1.807, 2.05) is 42.5 Å². The van der Waals surface area contributed by atoms with Crippen molar-refractivity contribution < 1.29 is 23.9 Å². The van der Waals surface area contributed by atoms with Crippen LogP contribution >= 0.6 is 0 Å². The normalized spacial score (nSPS) is 13.3. The molecule has 1 unspecified atom stereocenters. The highest BCUT2D eigenvalue weighted by atomic mass is 19.3. The standard InChI is InChI=1S/C20H24F2O.CH3NO2/c1-19(2,20(3,23)18(21)22)14-13-15-9-11-17(12-10-15)16-7-5-4-6-8-16;3-1-2-4/h4-12,18,23H,13-14H2,1-3H3;1,4H,(H,2,3). The molecule has 0 aromatic heterocycles. The van der Waals surface area contributed by atoms with E-state index in [0.717, 1.165) is 16.7 Å². The first-order chi connectivity index (χ1) is 12.7. The molecular weight excluding hydrogens is 352 g/mol. The number of aliphatic hydroxyl groups is 1. The summed E-state index contributed by atoms with van der Waals surface area (Å²) in [4.78, 5) is 8.81. The van der Waals surface area contributed by atoms with Gasteiger partial charge in [0, 0.05) is 0 Å². The second-order valence-corrected chi connectivity index (χ2v) is 7.14. The minimum absolute atomic E-state index is 0.181. The molecule has 2 aromatic rings. The molecule has 0 aliphatic heterocycles. The first-order valence-corrected chi connectivity index (χ1v) is 8.64. The third-order valence-corrected chi connectivity index (χ3v) is 4.95. The number of hydrogen-bond acceptors (Lipinski definition) is 3. The van der Waals surface area contributed by atoms with E-state index in [1.165, 1.54) is 12.4 Å². The quantitative estimate of drug-likeness (QED) is 0.378. The summed E-state index contributed by atoms with van der Waals surface area (Å²) in [5, 5.41) is 17.3. The van der Waals surface area contributed by atoms with Crippen LogP contribution in [0.4, 0.5) is 8.78 Å². The van der Waals surface area contributed by atoms with Crippen molar-refractivity contribution in [2.24, 2.45) is 5.41 Å². The molecule has 1 atom stereocenters. The fraction of sp³-hybridized carbons (Fsp3) is 0.381. The molecule has 0 saturated carbocycles. The first kappa shape index (κ1) is 22.7. The number of aryl methyl sites for hydroxylation is 1. The van der Waals surface area contributed by atoms with Crippen LogP contribution < -0.4 is 5.48 Å². The molecule has 2 aromatic carbocycles. The molecule has 148 valence electrons. The molecule has 3 N–H and O–H groups in total. The van der Waals surface area contributed by atoms with Gasteiger partial charge in [-0.25, -0.2) is 14.3 Å². The maximum absolute atomic E-state index is 13.0. The third kappa shape index (κ3) is 6.41. The molecule has 27 heavy (non-hydrogen) atoms. The van der Waals surface area contributed by atoms with Crippen molar-refractivity contribution in [3.05, 3.63) is 60.2 Å². The van der Waals surface area contributed by atoms with Crippen LogP contribution in [0, 0.1) is 5.41 Å². The molecule has 0 fully saturated rings. The average Bonchev–Trinajstić information content (AvgIpc) is 2.67. The predicted octanol–water partition coefficient (Wildman–Crippen LogP) is 4.45. The van der Waals surface area contributed by atoms with Crippen molar-refractivity contribution in [3.63, 3.8) is 0 Å². The summed E-state index contributed by atoms with van der Waals surface area (Å²) >= 11 is 0. The SMILES string of the molecule is CC(C)(CCc1ccc(-c2ccccc2)cc1)C(C)(O)C(F)F.O=CNO. The van der Waals surface area contributed by atoms with E-state index in [0.29, 0.717) is 12.8 Å². The lowest BCUT2D eigenvalue weighted by Gasteiger charge is -2.39. The van der Waals surface area contributed by atoms with Gasteiger partial charge in [0.15, 0.2) is 0 Å². The molecule has 0 aliphatic carbocycles. The predicted molar refractivity (Wildman–Crippen MR) is 102 cm³/mol. The van der Waals surface area contributed by atoms with Crippen LogP contribution in [0.5, 0.6) is 0 Å². The molecule has 0 spiro atoms. The zero-order chi connectivity index (χ0) is 20.5. The number of halogens is 2. The van der Waals surface area contributed by atoms with Crippen molar-refractivity contribution in [1.29, 1.82) is 0 Å².